The average Bonchev–Trinajstić information content (AvgIpc) is 3.07. The maximum atomic E-state index is 4.86. The molecule has 0 bridgehead atoms. The van der Waals surface area contributed by atoms with Crippen LogP contribution in [0.15, 0.2) is 16.8 Å². The van der Waals surface area contributed by atoms with E-state index in [0.29, 0.717) is 6.04 Å². The molecular formula is C14H19N3S2. The third kappa shape index (κ3) is 2.74. The number of thiazole rings is 1. The highest BCUT2D eigenvalue weighted by molar-refractivity contribution is 7.14. The van der Waals surface area contributed by atoms with E-state index in [-0.39, 0.29) is 0 Å². The van der Waals surface area contributed by atoms with Crippen molar-refractivity contribution in [2.75, 3.05) is 26.2 Å². The molecule has 19 heavy (non-hydrogen) atoms. The van der Waals surface area contributed by atoms with Crippen LogP contribution < -0.4 is 5.32 Å². The lowest BCUT2D eigenvalue weighted by atomic mass is 10.2. The van der Waals surface area contributed by atoms with Crippen LogP contribution in [0.2, 0.25) is 0 Å². The molecule has 1 aliphatic rings. The first kappa shape index (κ1) is 13.2. The molecule has 1 fully saturated rings. The van der Waals surface area contributed by atoms with Crippen molar-refractivity contribution in [1.82, 2.24) is 15.2 Å². The van der Waals surface area contributed by atoms with E-state index in [4.69, 9.17) is 4.98 Å². The number of rotatable bonds is 3. The lowest BCUT2D eigenvalue weighted by Crippen LogP contribution is -2.44. The minimum Gasteiger partial charge on any atom is -0.314 e. The molecule has 0 saturated carbocycles. The molecule has 0 radical (unpaired) electrons. The quantitative estimate of drug-likeness (QED) is 0.942. The Bertz CT molecular complexity index is 540. The number of aryl methyl sites for hydroxylation is 1. The second-order valence-electron chi connectivity index (χ2n) is 4.97. The van der Waals surface area contributed by atoms with Gasteiger partial charge in [0.15, 0.2) is 0 Å². The lowest BCUT2D eigenvalue weighted by molar-refractivity contribution is 0.185. The van der Waals surface area contributed by atoms with Crippen molar-refractivity contribution < 1.29 is 0 Å². The minimum absolute atomic E-state index is 0.432. The van der Waals surface area contributed by atoms with E-state index in [1.54, 1.807) is 22.7 Å². The molecular weight excluding hydrogens is 274 g/mol. The van der Waals surface area contributed by atoms with Crippen LogP contribution in [0, 0.1) is 6.92 Å². The zero-order chi connectivity index (χ0) is 13.2. The van der Waals surface area contributed by atoms with Crippen molar-refractivity contribution in [3.63, 3.8) is 0 Å². The fraction of sp³-hybridized carbons (Fsp3) is 0.500. The topological polar surface area (TPSA) is 28.2 Å². The molecule has 1 atom stereocenters. The molecule has 102 valence electrons. The second-order valence-corrected chi connectivity index (χ2v) is 6.77. The first-order valence-electron chi connectivity index (χ1n) is 6.70. The number of nitrogens with one attached hydrogen (secondary N) is 1. The maximum absolute atomic E-state index is 4.86. The molecule has 2 aromatic heterocycles. The number of piperazine rings is 1. The SMILES string of the molecule is Cc1ccsc1-c1csc(C(C)N2CCNCC2)n1. The van der Waals surface area contributed by atoms with Crippen molar-refractivity contribution in [2.24, 2.45) is 0 Å². The van der Waals surface area contributed by atoms with Gasteiger partial charge in [0, 0.05) is 31.6 Å². The summed E-state index contributed by atoms with van der Waals surface area (Å²) in [6.45, 7) is 8.85. The van der Waals surface area contributed by atoms with Crippen LogP contribution >= 0.6 is 22.7 Å². The van der Waals surface area contributed by atoms with Crippen molar-refractivity contribution >= 4 is 22.7 Å². The highest BCUT2D eigenvalue weighted by Crippen LogP contribution is 2.32. The van der Waals surface area contributed by atoms with E-state index in [0.717, 1.165) is 31.9 Å². The fourth-order valence-corrected chi connectivity index (χ4v) is 4.31. The van der Waals surface area contributed by atoms with Gasteiger partial charge in [-0.25, -0.2) is 4.98 Å². The second kappa shape index (κ2) is 5.71. The van der Waals surface area contributed by atoms with E-state index in [9.17, 15) is 0 Å². The first-order valence-corrected chi connectivity index (χ1v) is 8.46. The van der Waals surface area contributed by atoms with Crippen LogP contribution in [0.4, 0.5) is 0 Å². The van der Waals surface area contributed by atoms with Crippen LogP contribution in [0.1, 0.15) is 23.5 Å². The highest BCUT2D eigenvalue weighted by Gasteiger charge is 2.21. The highest BCUT2D eigenvalue weighted by atomic mass is 32.1. The number of nitrogens with zero attached hydrogens (tertiary/aromatic N) is 2. The van der Waals surface area contributed by atoms with Gasteiger partial charge in [-0.15, -0.1) is 22.7 Å². The molecule has 0 aliphatic carbocycles. The van der Waals surface area contributed by atoms with Crippen LogP contribution in [-0.4, -0.2) is 36.1 Å². The summed E-state index contributed by atoms with van der Waals surface area (Å²) in [4.78, 5) is 8.68. The molecule has 1 aliphatic heterocycles. The van der Waals surface area contributed by atoms with Gasteiger partial charge in [-0.2, -0.15) is 0 Å². The van der Waals surface area contributed by atoms with E-state index < -0.39 is 0 Å². The molecule has 1 saturated heterocycles. The molecule has 3 nitrogen and oxygen atoms in total. The van der Waals surface area contributed by atoms with Gasteiger partial charge in [0.2, 0.25) is 0 Å². The van der Waals surface area contributed by atoms with E-state index in [1.807, 2.05) is 0 Å². The van der Waals surface area contributed by atoms with E-state index >= 15 is 0 Å². The largest absolute Gasteiger partial charge is 0.314 e. The van der Waals surface area contributed by atoms with Crippen molar-refractivity contribution in [3.05, 3.63) is 27.4 Å². The van der Waals surface area contributed by atoms with Gasteiger partial charge < -0.3 is 5.32 Å². The van der Waals surface area contributed by atoms with Crippen molar-refractivity contribution in [3.8, 4) is 10.6 Å². The van der Waals surface area contributed by atoms with Crippen molar-refractivity contribution in [1.29, 1.82) is 0 Å². The standard InChI is InChI=1S/C14H19N3S2/c1-10-3-8-18-13(10)12-9-19-14(16-12)11(2)17-6-4-15-5-7-17/h3,8-9,11,15H,4-7H2,1-2H3. The zero-order valence-electron chi connectivity index (χ0n) is 11.3. The van der Waals surface area contributed by atoms with Gasteiger partial charge in [0.05, 0.1) is 16.6 Å². The predicted octanol–water partition coefficient (Wildman–Crippen LogP) is 3.15. The average molecular weight is 293 g/mol. The van der Waals surface area contributed by atoms with Gasteiger partial charge in [0.1, 0.15) is 5.01 Å². The normalized spacial score (nSPS) is 18.6. The Labute approximate surface area is 122 Å². The predicted molar refractivity (Wildman–Crippen MR) is 83.0 cm³/mol. The Kier molecular flexibility index (Phi) is 3.98. The van der Waals surface area contributed by atoms with Crippen LogP contribution in [0.5, 0.6) is 0 Å². The van der Waals surface area contributed by atoms with Crippen LogP contribution in [0.25, 0.3) is 10.6 Å². The van der Waals surface area contributed by atoms with Gasteiger partial charge >= 0.3 is 0 Å². The summed E-state index contributed by atoms with van der Waals surface area (Å²) in [6, 6.07) is 2.60. The number of hydrogen-bond donors (Lipinski definition) is 1. The van der Waals surface area contributed by atoms with Crippen molar-refractivity contribution in [2.45, 2.75) is 19.9 Å². The fourth-order valence-electron chi connectivity index (χ4n) is 2.44. The van der Waals surface area contributed by atoms with E-state index in [1.165, 1.54) is 15.4 Å². The monoisotopic (exact) mass is 293 g/mol. The van der Waals surface area contributed by atoms with Crippen LogP contribution in [-0.2, 0) is 0 Å². The van der Waals surface area contributed by atoms with Gasteiger partial charge in [-0.3, -0.25) is 4.90 Å². The molecule has 3 heterocycles. The van der Waals surface area contributed by atoms with Crippen LogP contribution in [0.3, 0.4) is 0 Å². The lowest BCUT2D eigenvalue weighted by Gasteiger charge is -2.31. The zero-order valence-corrected chi connectivity index (χ0v) is 13.0. The Morgan fingerprint density at radius 1 is 1.32 bits per heavy atom. The van der Waals surface area contributed by atoms with Gasteiger partial charge in [0.25, 0.3) is 0 Å². The van der Waals surface area contributed by atoms with Gasteiger partial charge in [-0.1, -0.05) is 0 Å². The molecule has 3 rings (SSSR count). The maximum Gasteiger partial charge on any atom is 0.110 e. The summed E-state index contributed by atoms with van der Waals surface area (Å²) in [5.41, 5.74) is 2.48. The Morgan fingerprint density at radius 2 is 2.11 bits per heavy atom. The summed E-state index contributed by atoms with van der Waals surface area (Å²) in [5, 5.41) is 8.98. The van der Waals surface area contributed by atoms with Gasteiger partial charge in [-0.05, 0) is 30.9 Å². The summed E-state index contributed by atoms with van der Waals surface area (Å²) in [5.74, 6) is 0. The minimum atomic E-state index is 0.432. The summed E-state index contributed by atoms with van der Waals surface area (Å²) < 4.78 is 0. The molecule has 5 heteroatoms. The number of aromatic nitrogens is 1. The van der Waals surface area contributed by atoms with E-state index in [2.05, 4.69) is 40.9 Å². The smallest absolute Gasteiger partial charge is 0.110 e. The summed E-state index contributed by atoms with van der Waals surface area (Å²) >= 11 is 3.58. The summed E-state index contributed by atoms with van der Waals surface area (Å²) in [6.07, 6.45) is 0. The number of thiophene rings is 1. The third-order valence-electron chi connectivity index (χ3n) is 3.67. The Hall–Kier alpha value is -0.750. The molecule has 0 spiro atoms. The molecule has 2 aromatic rings. The number of hydrogen-bond acceptors (Lipinski definition) is 5. The third-order valence-corrected chi connectivity index (χ3v) is 5.73. The first-order chi connectivity index (χ1) is 9.25. The molecule has 0 amide bonds. The molecule has 1 N–H and O–H groups in total. The summed E-state index contributed by atoms with van der Waals surface area (Å²) in [7, 11) is 0. The molecule has 1 unspecified atom stereocenters. The Balaban J connectivity index is 1.79. The molecule has 0 aromatic carbocycles. The Morgan fingerprint density at radius 3 is 2.79 bits per heavy atom.